The first kappa shape index (κ1) is 15.6. The molecule has 0 amide bonds. The summed E-state index contributed by atoms with van der Waals surface area (Å²) in [5.41, 5.74) is 9.51. The predicted octanol–water partition coefficient (Wildman–Crippen LogP) is 6.18. The smallest absolute Gasteiger partial charge is 0.156 e. The minimum absolute atomic E-state index is 0.108. The van der Waals surface area contributed by atoms with Crippen LogP contribution >= 0.6 is 0 Å². The van der Waals surface area contributed by atoms with Crippen molar-refractivity contribution in [2.75, 3.05) is 0 Å². The molecule has 2 atom stereocenters. The van der Waals surface area contributed by atoms with Gasteiger partial charge in [0.05, 0.1) is 11.8 Å². The van der Waals surface area contributed by atoms with Crippen molar-refractivity contribution < 1.29 is 4.79 Å². The molecule has 2 aliphatic carbocycles. The molecule has 0 fully saturated rings. The van der Waals surface area contributed by atoms with Crippen LogP contribution in [0.4, 0.5) is 0 Å². The number of Topliss-reactive ketones (excluding diaryl/α,β-unsaturated/α-hetero) is 1. The number of fused-ring (bicyclic) bond motifs is 8. The molecule has 0 spiro atoms. The van der Waals surface area contributed by atoms with E-state index >= 15 is 0 Å². The highest BCUT2D eigenvalue weighted by atomic mass is 16.1. The molecule has 0 heterocycles. The third-order valence-corrected chi connectivity index (χ3v) is 6.20. The number of hydrogen-bond donors (Lipinski definition) is 0. The molecule has 4 aromatic rings. The van der Waals surface area contributed by atoms with Gasteiger partial charge in [-0.05, 0) is 56.6 Å². The second-order valence-corrected chi connectivity index (χ2v) is 7.69. The third kappa shape index (κ3) is 2.10. The van der Waals surface area contributed by atoms with Crippen LogP contribution in [0, 0.1) is 0 Å². The Kier molecular flexibility index (Phi) is 3.21. The molecule has 4 aromatic carbocycles. The summed E-state index contributed by atoms with van der Waals surface area (Å²) in [6, 6.07) is 33.9. The van der Waals surface area contributed by atoms with Gasteiger partial charge in [-0.3, -0.25) is 4.79 Å². The minimum atomic E-state index is -0.108. The van der Waals surface area contributed by atoms with Crippen LogP contribution < -0.4 is 0 Å². The van der Waals surface area contributed by atoms with Gasteiger partial charge in [0.15, 0.2) is 5.78 Å². The molecule has 132 valence electrons. The Balaban J connectivity index is 1.47. The van der Waals surface area contributed by atoms with Gasteiger partial charge in [-0.25, -0.2) is 0 Å². The Bertz CT molecular complexity index is 1120. The maximum absolute atomic E-state index is 13.2. The first-order valence-corrected chi connectivity index (χ1v) is 9.73. The number of ketones is 1. The lowest BCUT2D eigenvalue weighted by Crippen LogP contribution is -2.03. The first-order chi connectivity index (χ1) is 13.8. The van der Waals surface area contributed by atoms with Gasteiger partial charge in [0, 0.05) is 0 Å². The van der Waals surface area contributed by atoms with E-state index < -0.39 is 0 Å². The number of benzene rings is 4. The van der Waals surface area contributed by atoms with E-state index in [1.54, 1.807) is 0 Å². The van der Waals surface area contributed by atoms with Crippen LogP contribution in [0.1, 0.15) is 34.1 Å². The van der Waals surface area contributed by atoms with E-state index in [2.05, 4.69) is 84.9 Å². The summed E-state index contributed by atoms with van der Waals surface area (Å²) in [4.78, 5) is 13.2. The molecule has 0 saturated heterocycles. The molecule has 6 rings (SSSR count). The van der Waals surface area contributed by atoms with E-state index in [0.717, 1.165) is 0 Å². The number of rotatable bonds is 2. The number of carbonyl (C=O) groups is 1. The summed E-state index contributed by atoms with van der Waals surface area (Å²) in [7, 11) is 0. The van der Waals surface area contributed by atoms with Crippen LogP contribution in [0.25, 0.3) is 22.3 Å². The standard InChI is InChI=1S/C27H18O/c28-27-25-22-14-12-20(18-9-5-2-6-10-18)16-24(22)26(27)21-13-11-19(15-23(21)25)17-7-3-1-4-8-17/h1-16,25-26H. The van der Waals surface area contributed by atoms with Crippen LogP contribution in [0.15, 0.2) is 97.1 Å². The zero-order chi connectivity index (χ0) is 18.7. The van der Waals surface area contributed by atoms with E-state index in [0.29, 0.717) is 5.78 Å². The summed E-state index contributed by atoms with van der Waals surface area (Å²) >= 11 is 0. The SMILES string of the molecule is O=C1C2c3ccc(-c4ccccc4)cc3C1c1ccc(-c3ccccc3)cc12. The quantitative estimate of drug-likeness (QED) is 0.418. The lowest BCUT2D eigenvalue weighted by atomic mass is 9.83. The van der Waals surface area contributed by atoms with Gasteiger partial charge in [0.1, 0.15) is 0 Å². The maximum Gasteiger partial charge on any atom is 0.156 e. The monoisotopic (exact) mass is 358 g/mol. The minimum Gasteiger partial charge on any atom is -0.298 e. The van der Waals surface area contributed by atoms with E-state index in [1.165, 1.54) is 44.5 Å². The Morgan fingerprint density at radius 1 is 0.429 bits per heavy atom. The molecule has 1 nitrogen and oxygen atoms in total. The van der Waals surface area contributed by atoms with Gasteiger partial charge in [0.2, 0.25) is 0 Å². The van der Waals surface area contributed by atoms with Crippen LogP contribution in [-0.2, 0) is 4.79 Å². The molecule has 2 unspecified atom stereocenters. The van der Waals surface area contributed by atoms with Gasteiger partial charge < -0.3 is 0 Å². The lowest BCUT2D eigenvalue weighted by Gasteiger charge is -2.19. The van der Waals surface area contributed by atoms with Crippen molar-refractivity contribution >= 4 is 5.78 Å². The topological polar surface area (TPSA) is 17.1 Å². The third-order valence-electron chi connectivity index (χ3n) is 6.20. The Morgan fingerprint density at radius 2 is 0.857 bits per heavy atom. The fraction of sp³-hybridized carbons (Fsp3) is 0.0741. The summed E-state index contributed by atoms with van der Waals surface area (Å²) in [6.45, 7) is 0. The van der Waals surface area contributed by atoms with Crippen molar-refractivity contribution in [3.8, 4) is 22.3 Å². The molecular weight excluding hydrogens is 340 g/mol. The molecule has 0 aromatic heterocycles. The van der Waals surface area contributed by atoms with Gasteiger partial charge in [0.25, 0.3) is 0 Å². The van der Waals surface area contributed by atoms with Gasteiger partial charge >= 0.3 is 0 Å². The van der Waals surface area contributed by atoms with Crippen molar-refractivity contribution in [1.29, 1.82) is 0 Å². The molecular formula is C27H18O. The summed E-state index contributed by atoms with van der Waals surface area (Å²) in [6.07, 6.45) is 0. The van der Waals surface area contributed by atoms with Gasteiger partial charge in [-0.15, -0.1) is 0 Å². The van der Waals surface area contributed by atoms with E-state index in [-0.39, 0.29) is 11.8 Å². The summed E-state index contributed by atoms with van der Waals surface area (Å²) in [5.74, 6) is 0.118. The Morgan fingerprint density at radius 3 is 1.29 bits per heavy atom. The fourth-order valence-corrected chi connectivity index (χ4v) is 4.91. The molecule has 0 radical (unpaired) electrons. The zero-order valence-corrected chi connectivity index (χ0v) is 15.3. The molecule has 0 aliphatic heterocycles. The molecule has 0 N–H and O–H groups in total. The highest BCUT2D eigenvalue weighted by Gasteiger charge is 2.48. The average Bonchev–Trinajstić information content (AvgIpc) is 3.22. The van der Waals surface area contributed by atoms with E-state index in [4.69, 9.17) is 0 Å². The average molecular weight is 358 g/mol. The largest absolute Gasteiger partial charge is 0.298 e. The molecule has 2 bridgehead atoms. The first-order valence-electron chi connectivity index (χ1n) is 9.73. The van der Waals surface area contributed by atoms with Crippen molar-refractivity contribution in [2.24, 2.45) is 0 Å². The summed E-state index contributed by atoms with van der Waals surface area (Å²) in [5, 5.41) is 0. The fourth-order valence-electron chi connectivity index (χ4n) is 4.91. The summed E-state index contributed by atoms with van der Waals surface area (Å²) < 4.78 is 0. The molecule has 0 saturated carbocycles. The zero-order valence-electron chi connectivity index (χ0n) is 15.3. The lowest BCUT2D eigenvalue weighted by molar-refractivity contribution is -0.118. The van der Waals surface area contributed by atoms with Crippen molar-refractivity contribution in [1.82, 2.24) is 0 Å². The van der Waals surface area contributed by atoms with Gasteiger partial charge in [-0.2, -0.15) is 0 Å². The highest BCUT2D eigenvalue weighted by Crippen LogP contribution is 2.55. The number of carbonyl (C=O) groups excluding carboxylic acids is 1. The maximum atomic E-state index is 13.2. The predicted molar refractivity (Wildman–Crippen MR) is 112 cm³/mol. The Hall–Kier alpha value is -3.45. The van der Waals surface area contributed by atoms with E-state index in [1.807, 2.05) is 12.1 Å². The van der Waals surface area contributed by atoms with Gasteiger partial charge in [-0.1, -0.05) is 84.9 Å². The van der Waals surface area contributed by atoms with Crippen LogP contribution in [0.2, 0.25) is 0 Å². The highest BCUT2D eigenvalue weighted by molar-refractivity contribution is 6.06. The van der Waals surface area contributed by atoms with E-state index in [9.17, 15) is 4.79 Å². The van der Waals surface area contributed by atoms with Crippen molar-refractivity contribution in [2.45, 2.75) is 11.8 Å². The normalized spacial score (nSPS) is 18.8. The second-order valence-electron chi connectivity index (χ2n) is 7.69. The molecule has 28 heavy (non-hydrogen) atoms. The van der Waals surface area contributed by atoms with Crippen LogP contribution in [0.5, 0.6) is 0 Å². The van der Waals surface area contributed by atoms with Crippen molar-refractivity contribution in [3.63, 3.8) is 0 Å². The van der Waals surface area contributed by atoms with Crippen LogP contribution in [0.3, 0.4) is 0 Å². The molecule has 2 aliphatic rings. The Labute approximate surface area is 164 Å². The number of hydrogen-bond acceptors (Lipinski definition) is 1. The molecule has 1 heteroatoms. The van der Waals surface area contributed by atoms with Crippen molar-refractivity contribution in [3.05, 3.63) is 119 Å². The second kappa shape index (κ2) is 5.77. The van der Waals surface area contributed by atoms with Crippen LogP contribution in [-0.4, -0.2) is 5.78 Å².